The Kier molecular flexibility index (Phi) is 3.80. The molecule has 0 aromatic carbocycles. The second-order valence-electron chi connectivity index (χ2n) is 3.69. The van der Waals surface area contributed by atoms with Crippen LogP contribution in [-0.4, -0.2) is 32.5 Å². The molecule has 2 atom stereocenters. The van der Waals surface area contributed by atoms with Gasteiger partial charge in [0.05, 0.1) is 10.8 Å². The molecule has 1 aliphatic heterocycles. The van der Waals surface area contributed by atoms with E-state index in [0.717, 1.165) is 13.0 Å². The van der Waals surface area contributed by atoms with Crippen molar-refractivity contribution in [3.8, 4) is 0 Å². The third kappa shape index (κ3) is 3.07. The van der Waals surface area contributed by atoms with E-state index < -0.39 is 10.8 Å². The van der Waals surface area contributed by atoms with Crippen LogP contribution in [0, 0.1) is 0 Å². The fourth-order valence-electron chi connectivity index (χ4n) is 1.73. The number of rotatable bonds is 3. The molecular formula is C10H15N3OS. The third-order valence-corrected chi connectivity index (χ3v) is 3.83. The topological polar surface area (TPSA) is 54.9 Å². The van der Waals surface area contributed by atoms with Crippen molar-refractivity contribution >= 4 is 10.8 Å². The summed E-state index contributed by atoms with van der Waals surface area (Å²) in [5.74, 6) is 0.629. The van der Waals surface area contributed by atoms with Gasteiger partial charge in [-0.3, -0.25) is 4.21 Å². The predicted octanol–water partition coefficient (Wildman–Crippen LogP) is 0.726. The lowest BCUT2D eigenvalue weighted by atomic mass is 10.1. The van der Waals surface area contributed by atoms with E-state index in [1.807, 2.05) is 0 Å². The minimum atomic E-state index is -1.07. The van der Waals surface area contributed by atoms with Gasteiger partial charge in [0.1, 0.15) is 0 Å². The van der Waals surface area contributed by atoms with E-state index in [0.29, 0.717) is 17.0 Å². The summed E-state index contributed by atoms with van der Waals surface area (Å²) in [6, 6.07) is 2.10. The lowest BCUT2D eigenvalue weighted by Gasteiger charge is -2.22. The summed E-state index contributed by atoms with van der Waals surface area (Å²) in [4.78, 5) is 8.01. The van der Waals surface area contributed by atoms with Crippen molar-refractivity contribution in [2.45, 2.75) is 30.5 Å². The zero-order valence-electron chi connectivity index (χ0n) is 8.56. The Labute approximate surface area is 92.0 Å². The molecule has 1 aliphatic rings. The number of piperidine rings is 1. The molecule has 5 heteroatoms. The van der Waals surface area contributed by atoms with Crippen LogP contribution in [-0.2, 0) is 10.8 Å². The fourth-order valence-corrected chi connectivity index (χ4v) is 2.88. The van der Waals surface area contributed by atoms with Gasteiger partial charge < -0.3 is 5.32 Å². The van der Waals surface area contributed by atoms with Crippen molar-refractivity contribution in [3.05, 3.63) is 18.5 Å². The zero-order chi connectivity index (χ0) is 10.5. The molecule has 0 radical (unpaired) electrons. The molecule has 4 nitrogen and oxygen atoms in total. The minimum Gasteiger partial charge on any atom is -0.313 e. The maximum absolute atomic E-state index is 11.9. The van der Waals surface area contributed by atoms with Crippen molar-refractivity contribution in [2.75, 3.05) is 12.3 Å². The van der Waals surface area contributed by atoms with Crippen LogP contribution in [0.4, 0.5) is 0 Å². The van der Waals surface area contributed by atoms with Gasteiger partial charge in [-0.05, 0) is 25.5 Å². The molecule has 0 saturated carbocycles. The van der Waals surface area contributed by atoms with Crippen molar-refractivity contribution in [2.24, 2.45) is 0 Å². The quantitative estimate of drug-likeness (QED) is 0.770. The van der Waals surface area contributed by atoms with E-state index in [-0.39, 0.29) is 0 Å². The van der Waals surface area contributed by atoms with E-state index in [9.17, 15) is 4.21 Å². The Hall–Kier alpha value is -0.810. The number of nitrogens with zero attached hydrogens (tertiary/aromatic N) is 2. The van der Waals surface area contributed by atoms with E-state index >= 15 is 0 Å². The average molecular weight is 225 g/mol. The van der Waals surface area contributed by atoms with Crippen LogP contribution < -0.4 is 5.32 Å². The van der Waals surface area contributed by atoms with Gasteiger partial charge in [0, 0.05) is 24.2 Å². The summed E-state index contributed by atoms with van der Waals surface area (Å²) in [7, 11) is -1.07. The Bertz CT molecular complexity index is 325. The summed E-state index contributed by atoms with van der Waals surface area (Å²) in [5.41, 5.74) is 0. The predicted molar refractivity (Wildman–Crippen MR) is 58.9 cm³/mol. The van der Waals surface area contributed by atoms with Crippen LogP contribution in [0.15, 0.2) is 23.6 Å². The second-order valence-corrected chi connectivity index (χ2v) is 5.08. The minimum absolute atomic E-state index is 0.364. The largest absolute Gasteiger partial charge is 0.313 e. The fraction of sp³-hybridized carbons (Fsp3) is 0.600. The maximum Gasteiger partial charge on any atom is 0.218 e. The molecule has 2 rings (SSSR count). The van der Waals surface area contributed by atoms with Crippen LogP contribution in [0.25, 0.3) is 0 Å². The van der Waals surface area contributed by atoms with Gasteiger partial charge >= 0.3 is 0 Å². The standard InChI is InChI=1S/C10H15N3OS/c14-15(10-12-6-3-7-13-10)8-9-4-1-2-5-11-9/h3,6-7,9,11H,1-2,4-5,8H2/t9-,15-/m0/s1. The molecular weight excluding hydrogens is 210 g/mol. The second kappa shape index (κ2) is 5.32. The van der Waals surface area contributed by atoms with Crippen molar-refractivity contribution in [3.63, 3.8) is 0 Å². The molecule has 1 aromatic rings. The molecule has 1 fully saturated rings. The number of aromatic nitrogens is 2. The van der Waals surface area contributed by atoms with Gasteiger partial charge in [0.15, 0.2) is 0 Å². The summed E-state index contributed by atoms with van der Waals surface area (Å²) in [6.07, 6.45) is 6.83. The first-order valence-corrected chi connectivity index (χ1v) is 6.57. The first kappa shape index (κ1) is 10.7. The van der Waals surface area contributed by atoms with E-state index in [1.165, 1.54) is 12.8 Å². The molecule has 1 saturated heterocycles. The highest BCUT2D eigenvalue weighted by atomic mass is 32.2. The van der Waals surface area contributed by atoms with E-state index in [2.05, 4.69) is 15.3 Å². The normalized spacial score (nSPS) is 23.6. The van der Waals surface area contributed by atoms with Gasteiger partial charge in [0.25, 0.3) is 0 Å². The molecule has 0 aliphatic carbocycles. The Morgan fingerprint density at radius 2 is 2.20 bits per heavy atom. The number of hydrogen-bond acceptors (Lipinski definition) is 4. The molecule has 1 N–H and O–H groups in total. The van der Waals surface area contributed by atoms with Gasteiger partial charge in [-0.1, -0.05) is 6.42 Å². The Morgan fingerprint density at radius 1 is 1.40 bits per heavy atom. The molecule has 0 amide bonds. The summed E-state index contributed by atoms with van der Waals surface area (Å²) in [6.45, 7) is 1.04. The highest BCUT2D eigenvalue weighted by Crippen LogP contribution is 2.09. The highest BCUT2D eigenvalue weighted by Gasteiger charge is 2.17. The molecule has 0 unspecified atom stereocenters. The van der Waals surface area contributed by atoms with Crippen molar-refractivity contribution in [1.29, 1.82) is 0 Å². The van der Waals surface area contributed by atoms with Gasteiger partial charge in [-0.15, -0.1) is 0 Å². The Morgan fingerprint density at radius 3 is 2.87 bits per heavy atom. The summed E-state index contributed by atoms with van der Waals surface area (Å²) in [5, 5.41) is 3.82. The average Bonchev–Trinajstić information content (AvgIpc) is 2.31. The van der Waals surface area contributed by atoms with Gasteiger partial charge in [-0.2, -0.15) is 0 Å². The van der Waals surface area contributed by atoms with Gasteiger partial charge in [-0.25, -0.2) is 9.97 Å². The monoisotopic (exact) mass is 225 g/mol. The molecule has 1 aromatic heterocycles. The first-order valence-electron chi connectivity index (χ1n) is 5.25. The molecule has 0 spiro atoms. The van der Waals surface area contributed by atoms with Crippen molar-refractivity contribution < 1.29 is 4.21 Å². The maximum atomic E-state index is 11.9. The molecule has 2 heterocycles. The van der Waals surface area contributed by atoms with Crippen LogP contribution >= 0.6 is 0 Å². The van der Waals surface area contributed by atoms with E-state index in [4.69, 9.17) is 0 Å². The summed E-state index contributed by atoms with van der Waals surface area (Å²) < 4.78 is 11.9. The van der Waals surface area contributed by atoms with Crippen molar-refractivity contribution in [1.82, 2.24) is 15.3 Å². The van der Waals surface area contributed by atoms with Crippen LogP contribution in [0.5, 0.6) is 0 Å². The molecule has 15 heavy (non-hydrogen) atoms. The molecule has 82 valence electrons. The van der Waals surface area contributed by atoms with E-state index in [1.54, 1.807) is 18.5 Å². The van der Waals surface area contributed by atoms with Crippen LogP contribution in [0.2, 0.25) is 0 Å². The Balaban J connectivity index is 1.91. The van der Waals surface area contributed by atoms with Crippen LogP contribution in [0.3, 0.4) is 0 Å². The summed E-state index contributed by atoms with van der Waals surface area (Å²) >= 11 is 0. The smallest absolute Gasteiger partial charge is 0.218 e. The van der Waals surface area contributed by atoms with Crippen LogP contribution in [0.1, 0.15) is 19.3 Å². The SMILES string of the molecule is O=[S@@](C[C@@H]1CCCCN1)c1ncccn1. The first-order chi connectivity index (χ1) is 7.36. The third-order valence-electron chi connectivity index (χ3n) is 2.51. The highest BCUT2D eigenvalue weighted by molar-refractivity contribution is 7.84. The number of nitrogens with one attached hydrogen (secondary N) is 1. The lowest BCUT2D eigenvalue weighted by molar-refractivity contribution is 0.427. The van der Waals surface area contributed by atoms with Gasteiger partial charge in [0.2, 0.25) is 5.16 Å². The molecule has 0 bridgehead atoms. The number of hydrogen-bond donors (Lipinski definition) is 1. The zero-order valence-corrected chi connectivity index (χ0v) is 9.37. The lowest BCUT2D eigenvalue weighted by Crippen LogP contribution is -2.38.